The van der Waals surface area contributed by atoms with Crippen LogP contribution in [0.4, 0.5) is 0 Å². The summed E-state index contributed by atoms with van der Waals surface area (Å²) < 4.78 is 5.29. The summed E-state index contributed by atoms with van der Waals surface area (Å²) in [6.07, 6.45) is 0.911. The largest absolute Gasteiger partial charge is 0.379 e. The van der Waals surface area contributed by atoms with E-state index in [1.165, 1.54) is 0 Å². The monoisotopic (exact) mass is 275 g/mol. The molecule has 108 valence electrons. The maximum atomic E-state index is 12.2. The molecule has 0 spiro atoms. The first-order valence-electron chi connectivity index (χ1n) is 7.07. The van der Waals surface area contributed by atoms with E-state index in [0.717, 1.165) is 38.4 Å². The molecule has 1 aliphatic heterocycles. The maximum Gasteiger partial charge on any atom is 0.164 e. The molecule has 0 radical (unpaired) electrons. The van der Waals surface area contributed by atoms with Crippen LogP contribution in [0.2, 0.25) is 0 Å². The molecule has 0 aromatic heterocycles. The highest BCUT2D eigenvalue weighted by molar-refractivity contribution is 5.96. The summed E-state index contributed by atoms with van der Waals surface area (Å²) in [6.45, 7) is 5.64. The van der Waals surface area contributed by atoms with Crippen molar-refractivity contribution in [1.29, 1.82) is 0 Å². The molecule has 20 heavy (non-hydrogen) atoms. The molecular formula is C16H21NO3. The molecule has 1 fully saturated rings. The van der Waals surface area contributed by atoms with E-state index in [1.807, 2.05) is 24.3 Å². The molecule has 1 aliphatic rings. The highest BCUT2D eigenvalue weighted by Crippen LogP contribution is 2.10. The number of carbonyl (C=O) groups is 2. The van der Waals surface area contributed by atoms with Crippen molar-refractivity contribution in [3.05, 3.63) is 35.4 Å². The minimum absolute atomic E-state index is 0.114. The Morgan fingerprint density at radius 3 is 2.70 bits per heavy atom. The van der Waals surface area contributed by atoms with Crippen molar-refractivity contribution in [2.24, 2.45) is 0 Å². The fourth-order valence-corrected chi connectivity index (χ4v) is 2.37. The van der Waals surface area contributed by atoms with Crippen LogP contribution in [-0.2, 0) is 16.0 Å². The number of hydrogen-bond donors (Lipinski definition) is 0. The highest BCUT2D eigenvalue weighted by atomic mass is 16.5. The lowest BCUT2D eigenvalue weighted by molar-refractivity contribution is -0.116. The molecule has 0 atom stereocenters. The summed E-state index contributed by atoms with van der Waals surface area (Å²) in [6, 6.07) is 7.40. The third-order valence-corrected chi connectivity index (χ3v) is 3.46. The number of hydrogen-bond acceptors (Lipinski definition) is 4. The number of morpholine rings is 1. The molecule has 1 saturated heterocycles. The van der Waals surface area contributed by atoms with Gasteiger partial charge in [-0.1, -0.05) is 18.2 Å². The van der Waals surface area contributed by atoms with Crippen molar-refractivity contribution in [3.63, 3.8) is 0 Å². The molecule has 2 rings (SSSR count). The van der Waals surface area contributed by atoms with Gasteiger partial charge in [0.1, 0.15) is 5.78 Å². The van der Waals surface area contributed by atoms with Gasteiger partial charge in [0.25, 0.3) is 0 Å². The van der Waals surface area contributed by atoms with E-state index in [4.69, 9.17) is 4.74 Å². The summed E-state index contributed by atoms with van der Waals surface area (Å²) in [4.78, 5) is 25.6. The molecule has 0 aliphatic carbocycles. The van der Waals surface area contributed by atoms with Crippen molar-refractivity contribution < 1.29 is 14.3 Å². The standard InChI is InChI=1S/C16H21NO3/c1-13(18)11-14-3-2-4-15(12-14)16(19)5-6-17-7-9-20-10-8-17/h2-4,12H,5-11H2,1H3. The van der Waals surface area contributed by atoms with Gasteiger partial charge in [-0.3, -0.25) is 14.5 Å². The molecule has 4 heteroatoms. The van der Waals surface area contributed by atoms with E-state index in [-0.39, 0.29) is 11.6 Å². The summed E-state index contributed by atoms with van der Waals surface area (Å²) in [5.41, 5.74) is 1.62. The van der Waals surface area contributed by atoms with E-state index in [1.54, 1.807) is 6.92 Å². The van der Waals surface area contributed by atoms with Crippen molar-refractivity contribution >= 4 is 11.6 Å². The van der Waals surface area contributed by atoms with Gasteiger partial charge in [-0.15, -0.1) is 0 Å². The second-order valence-electron chi connectivity index (χ2n) is 5.21. The molecule has 0 unspecified atom stereocenters. The van der Waals surface area contributed by atoms with Gasteiger partial charge in [0.05, 0.1) is 13.2 Å². The molecule has 4 nitrogen and oxygen atoms in total. The average Bonchev–Trinajstić information content (AvgIpc) is 2.45. The molecular weight excluding hydrogens is 254 g/mol. The minimum Gasteiger partial charge on any atom is -0.379 e. The Morgan fingerprint density at radius 2 is 2.00 bits per heavy atom. The van der Waals surface area contributed by atoms with Crippen molar-refractivity contribution in [3.8, 4) is 0 Å². The quantitative estimate of drug-likeness (QED) is 0.742. The van der Waals surface area contributed by atoms with Crippen LogP contribution in [0, 0.1) is 0 Å². The van der Waals surface area contributed by atoms with E-state index >= 15 is 0 Å². The van der Waals surface area contributed by atoms with Gasteiger partial charge in [-0.05, 0) is 18.6 Å². The zero-order chi connectivity index (χ0) is 14.4. The topological polar surface area (TPSA) is 46.6 Å². The lowest BCUT2D eigenvalue weighted by atomic mass is 10.0. The van der Waals surface area contributed by atoms with Gasteiger partial charge in [0.15, 0.2) is 5.78 Å². The number of nitrogens with zero attached hydrogens (tertiary/aromatic N) is 1. The fourth-order valence-electron chi connectivity index (χ4n) is 2.37. The van der Waals surface area contributed by atoms with E-state index < -0.39 is 0 Å². The van der Waals surface area contributed by atoms with Gasteiger partial charge in [0, 0.05) is 38.0 Å². The Bertz CT molecular complexity index is 478. The number of ether oxygens (including phenoxy) is 1. The lowest BCUT2D eigenvalue weighted by Gasteiger charge is -2.26. The normalized spacial score (nSPS) is 16.1. The van der Waals surface area contributed by atoms with Gasteiger partial charge >= 0.3 is 0 Å². The van der Waals surface area contributed by atoms with Crippen molar-refractivity contribution in [2.45, 2.75) is 19.8 Å². The number of carbonyl (C=O) groups excluding carboxylic acids is 2. The van der Waals surface area contributed by atoms with Crippen LogP contribution >= 0.6 is 0 Å². The molecule has 1 heterocycles. The molecule has 1 aromatic rings. The van der Waals surface area contributed by atoms with Crippen LogP contribution < -0.4 is 0 Å². The predicted octanol–water partition coefficient (Wildman–Crippen LogP) is 1.72. The highest BCUT2D eigenvalue weighted by Gasteiger charge is 2.13. The average molecular weight is 275 g/mol. The second-order valence-corrected chi connectivity index (χ2v) is 5.21. The van der Waals surface area contributed by atoms with Crippen LogP contribution in [-0.4, -0.2) is 49.3 Å². The molecule has 1 aromatic carbocycles. The van der Waals surface area contributed by atoms with Crippen LogP contribution in [0.5, 0.6) is 0 Å². The van der Waals surface area contributed by atoms with E-state index in [0.29, 0.717) is 18.4 Å². The third kappa shape index (κ3) is 4.54. The smallest absolute Gasteiger partial charge is 0.164 e. The van der Waals surface area contributed by atoms with Crippen molar-refractivity contribution in [2.75, 3.05) is 32.8 Å². The van der Waals surface area contributed by atoms with Crippen LogP contribution in [0.15, 0.2) is 24.3 Å². The van der Waals surface area contributed by atoms with E-state index in [2.05, 4.69) is 4.90 Å². The van der Waals surface area contributed by atoms with Crippen LogP contribution in [0.3, 0.4) is 0 Å². The molecule has 0 bridgehead atoms. The Hall–Kier alpha value is -1.52. The zero-order valence-corrected chi connectivity index (χ0v) is 11.9. The summed E-state index contributed by atoms with van der Waals surface area (Å²) in [5, 5.41) is 0. The lowest BCUT2D eigenvalue weighted by Crippen LogP contribution is -2.37. The SMILES string of the molecule is CC(=O)Cc1cccc(C(=O)CCN2CCOCC2)c1. The maximum absolute atomic E-state index is 12.2. The predicted molar refractivity (Wildman–Crippen MR) is 77.0 cm³/mol. The Balaban J connectivity index is 1.89. The number of benzene rings is 1. The minimum atomic E-state index is 0.114. The Morgan fingerprint density at radius 1 is 1.25 bits per heavy atom. The molecule has 0 saturated carbocycles. The first kappa shape index (κ1) is 14.9. The zero-order valence-electron chi connectivity index (χ0n) is 11.9. The first-order chi connectivity index (χ1) is 9.65. The van der Waals surface area contributed by atoms with E-state index in [9.17, 15) is 9.59 Å². The molecule has 0 amide bonds. The number of Topliss-reactive ketones (excluding diaryl/α,β-unsaturated/α-hetero) is 2. The fraction of sp³-hybridized carbons (Fsp3) is 0.500. The number of rotatable bonds is 6. The number of ketones is 2. The first-order valence-corrected chi connectivity index (χ1v) is 7.07. The van der Waals surface area contributed by atoms with Gasteiger partial charge < -0.3 is 4.74 Å². The van der Waals surface area contributed by atoms with Gasteiger partial charge in [0.2, 0.25) is 0 Å². The van der Waals surface area contributed by atoms with Crippen LogP contribution in [0.1, 0.15) is 29.3 Å². The van der Waals surface area contributed by atoms with Crippen LogP contribution in [0.25, 0.3) is 0 Å². The Labute approximate surface area is 119 Å². The summed E-state index contributed by atoms with van der Waals surface area (Å²) in [7, 11) is 0. The third-order valence-electron chi connectivity index (χ3n) is 3.46. The second kappa shape index (κ2) is 7.31. The molecule has 0 N–H and O–H groups in total. The summed E-state index contributed by atoms with van der Waals surface area (Å²) in [5.74, 6) is 0.254. The van der Waals surface area contributed by atoms with Crippen molar-refractivity contribution in [1.82, 2.24) is 4.90 Å². The summed E-state index contributed by atoms with van der Waals surface area (Å²) >= 11 is 0. The van der Waals surface area contributed by atoms with Gasteiger partial charge in [-0.2, -0.15) is 0 Å². The van der Waals surface area contributed by atoms with Gasteiger partial charge in [-0.25, -0.2) is 0 Å². The Kier molecular flexibility index (Phi) is 5.44.